The van der Waals surface area contributed by atoms with Crippen LogP contribution in [0.3, 0.4) is 0 Å². The van der Waals surface area contributed by atoms with Crippen molar-refractivity contribution in [3.8, 4) is 10.8 Å². The molecule has 118 valence electrons. The number of rotatable bonds is 5. The summed E-state index contributed by atoms with van der Waals surface area (Å²) in [6.07, 6.45) is 1.72. The molecule has 6 nitrogen and oxygen atoms in total. The SMILES string of the molecule is [3H]c1ccc(OCc2c(C=C)csc2-n2nnn(C)c2=O)c(C)c1. The van der Waals surface area contributed by atoms with Crippen LogP contribution in [0, 0.1) is 6.92 Å². The predicted octanol–water partition coefficient (Wildman–Crippen LogP) is 2.56. The Labute approximate surface area is 138 Å². The third kappa shape index (κ3) is 2.83. The molecule has 7 heteroatoms. The summed E-state index contributed by atoms with van der Waals surface area (Å²) in [6, 6.07) is 5.63. The van der Waals surface area contributed by atoms with Gasteiger partial charge in [-0.2, -0.15) is 4.68 Å². The molecule has 2 aromatic heterocycles. The molecule has 0 unspecified atom stereocenters. The Morgan fingerprint density at radius 2 is 2.30 bits per heavy atom. The van der Waals surface area contributed by atoms with E-state index in [0.29, 0.717) is 16.8 Å². The van der Waals surface area contributed by atoms with Gasteiger partial charge in [0.2, 0.25) is 0 Å². The molecule has 0 saturated carbocycles. The van der Waals surface area contributed by atoms with Crippen LogP contribution >= 0.6 is 11.3 Å². The molecular weight excluding hydrogens is 312 g/mol. The highest BCUT2D eigenvalue weighted by molar-refractivity contribution is 7.13. The van der Waals surface area contributed by atoms with Gasteiger partial charge >= 0.3 is 5.69 Å². The molecule has 3 aromatic rings. The Hall–Kier alpha value is -2.67. The highest BCUT2D eigenvalue weighted by Crippen LogP contribution is 2.28. The largest absolute Gasteiger partial charge is 0.488 e. The van der Waals surface area contributed by atoms with Gasteiger partial charge in [0, 0.05) is 18.0 Å². The fourth-order valence-electron chi connectivity index (χ4n) is 2.13. The molecule has 0 N–H and O–H groups in total. The number of hydrogen-bond donors (Lipinski definition) is 0. The lowest BCUT2D eigenvalue weighted by Gasteiger charge is -2.10. The van der Waals surface area contributed by atoms with Crippen LogP contribution in [0.1, 0.15) is 18.1 Å². The van der Waals surface area contributed by atoms with E-state index in [-0.39, 0.29) is 12.3 Å². The number of hydrogen-bond acceptors (Lipinski definition) is 5. The number of nitrogens with zero attached hydrogens (tertiary/aromatic N) is 4. The smallest absolute Gasteiger partial charge is 0.368 e. The van der Waals surface area contributed by atoms with Crippen molar-refractivity contribution in [2.24, 2.45) is 7.05 Å². The van der Waals surface area contributed by atoms with E-state index in [2.05, 4.69) is 17.0 Å². The molecule has 0 saturated heterocycles. The highest BCUT2D eigenvalue weighted by atomic mass is 32.1. The van der Waals surface area contributed by atoms with Crippen LogP contribution < -0.4 is 10.4 Å². The first-order valence-electron chi connectivity index (χ1n) is 7.43. The van der Waals surface area contributed by atoms with Crippen molar-refractivity contribution in [2.45, 2.75) is 13.5 Å². The molecular formula is C16H16N4O2S. The van der Waals surface area contributed by atoms with E-state index in [1.807, 2.05) is 12.3 Å². The van der Waals surface area contributed by atoms with E-state index in [4.69, 9.17) is 6.11 Å². The van der Waals surface area contributed by atoms with Gasteiger partial charge in [-0.15, -0.1) is 16.0 Å². The van der Waals surface area contributed by atoms with Gasteiger partial charge in [-0.25, -0.2) is 4.79 Å². The fourth-order valence-corrected chi connectivity index (χ4v) is 3.14. The van der Waals surface area contributed by atoms with E-state index in [0.717, 1.165) is 16.7 Å². The summed E-state index contributed by atoms with van der Waals surface area (Å²) >= 11 is 1.39. The van der Waals surface area contributed by atoms with Crippen LogP contribution in [-0.2, 0) is 13.7 Å². The number of para-hydroxylation sites is 1. The lowest BCUT2D eigenvalue weighted by molar-refractivity contribution is 0.304. The number of aryl methyl sites for hydroxylation is 2. The van der Waals surface area contributed by atoms with E-state index in [9.17, 15) is 4.79 Å². The Balaban J connectivity index is 1.95. The Morgan fingerprint density at radius 1 is 1.48 bits per heavy atom. The van der Waals surface area contributed by atoms with E-state index < -0.39 is 0 Å². The first kappa shape index (κ1) is 14.0. The van der Waals surface area contributed by atoms with Gasteiger partial charge in [0.15, 0.2) is 0 Å². The summed E-state index contributed by atoms with van der Waals surface area (Å²) in [7, 11) is 1.55. The number of aromatic nitrogens is 4. The zero-order valence-corrected chi connectivity index (χ0v) is 13.6. The van der Waals surface area contributed by atoms with Gasteiger partial charge in [0.05, 0.1) is 1.37 Å². The van der Waals surface area contributed by atoms with Gasteiger partial charge in [-0.1, -0.05) is 30.8 Å². The second kappa shape index (κ2) is 6.21. The topological polar surface area (TPSA) is 61.9 Å². The van der Waals surface area contributed by atoms with E-state index in [1.54, 1.807) is 31.3 Å². The summed E-state index contributed by atoms with van der Waals surface area (Å²) in [6.45, 7) is 5.97. The molecule has 0 spiro atoms. The van der Waals surface area contributed by atoms with Gasteiger partial charge in [-0.05, 0) is 34.5 Å². The van der Waals surface area contributed by atoms with Crippen molar-refractivity contribution in [2.75, 3.05) is 0 Å². The third-order valence-electron chi connectivity index (χ3n) is 3.43. The Kier molecular flexibility index (Phi) is 3.77. The van der Waals surface area contributed by atoms with Crippen LogP contribution in [0.5, 0.6) is 5.75 Å². The standard InChI is InChI=1S/C16H16N4O2S/c1-4-12-10-23-15(20-16(21)19(3)17-18-20)13(12)9-22-14-8-6-5-7-11(14)2/h4-8,10H,1,9H2,2-3H3/i5T. The number of ether oxygens (including phenoxy) is 1. The minimum Gasteiger partial charge on any atom is -0.488 e. The number of thiophene rings is 1. The van der Waals surface area contributed by atoms with Crippen molar-refractivity contribution in [1.82, 2.24) is 19.8 Å². The normalized spacial score (nSPS) is 11.3. The Morgan fingerprint density at radius 3 is 2.96 bits per heavy atom. The minimum atomic E-state index is -0.316. The molecule has 0 aliphatic rings. The van der Waals surface area contributed by atoms with Crippen molar-refractivity contribution in [1.29, 1.82) is 0 Å². The van der Waals surface area contributed by atoms with E-state index in [1.165, 1.54) is 20.7 Å². The molecule has 3 rings (SSSR count). The monoisotopic (exact) mass is 330 g/mol. The molecule has 0 aliphatic carbocycles. The first-order chi connectivity index (χ1) is 11.5. The Bertz CT molecular complexity index is 957. The molecule has 23 heavy (non-hydrogen) atoms. The second-order valence-electron chi connectivity index (χ2n) is 4.96. The third-order valence-corrected chi connectivity index (χ3v) is 4.44. The fraction of sp³-hybridized carbons (Fsp3) is 0.188. The average Bonchev–Trinajstić information content (AvgIpc) is 3.10. The average molecular weight is 330 g/mol. The zero-order valence-electron chi connectivity index (χ0n) is 13.8. The number of benzene rings is 1. The van der Waals surface area contributed by atoms with Crippen molar-refractivity contribution in [3.63, 3.8) is 0 Å². The molecule has 0 fully saturated rings. The summed E-state index contributed by atoms with van der Waals surface area (Å²) in [5.41, 5.74) is 2.29. The lowest BCUT2D eigenvalue weighted by Crippen LogP contribution is -2.22. The summed E-state index contributed by atoms with van der Waals surface area (Å²) in [5, 5.41) is 10.2. The lowest BCUT2D eigenvalue weighted by atomic mass is 10.2. The van der Waals surface area contributed by atoms with Crippen molar-refractivity contribution in [3.05, 3.63) is 63.4 Å². The summed E-state index contributed by atoms with van der Waals surface area (Å²) in [4.78, 5) is 12.1. The molecule has 1 aromatic carbocycles. The maximum Gasteiger partial charge on any atom is 0.368 e. The van der Waals surface area contributed by atoms with Crippen LogP contribution in [0.4, 0.5) is 0 Å². The van der Waals surface area contributed by atoms with E-state index >= 15 is 0 Å². The highest BCUT2D eigenvalue weighted by Gasteiger charge is 2.17. The molecule has 0 atom stereocenters. The molecule has 2 heterocycles. The van der Waals surface area contributed by atoms with Gasteiger partial charge in [0.1, 0.15) is 17.4 Å². The quantitative estimate of drug-likeness (QED) is 0.721. The van der Waals surface area contributed by atoms with Gasteiger partial charge in [-0.3, -0.25) is 0 Å². The van der Waals surface area contributed by atoms with Crippen LogP contribution in [0.2, 0.25) is 0 Å². The zero-order chi connectivity index (χ0) is 17.3. The van der Waals surface area contributed by atoms with Crippen LogP contribution in [0.25, 0.3) is 11.1 Å². The number of tetrazole rings is 1. The second-order valence-corrected chi connectivity index (χ2v) is 5.81. The van der Waals surface area contributed by atoms with Crippen LogP contribution in [0.15, 0.2) is 41.0 Å². The molecule has 0 radical (unpaired) electrons. The van der Waals surface area contributed by atoms with Gasteiger partial charge in [0.25, 0.3) is 0 Å². The van der Waals surface area contributed by atoms with Crippen molar-refractivity contribution < 1.29 is 6.11 Å². The minimum absolute atomic E-state index is 0.265. The summed E-state index contributed by atoms with van der Waals surface area (Å²) in [5.74, 6) is 0.699. The first-order valence-corrected chi connectivity index (χ1v) is 7.81. The molecule has 0 bridgehead atoms. The molecule has 0 aliphatic heterocycles. The summed E-state index contributed by atoms with van der Waals surface area (Å²) < 4.78 is 15.9. The predicted molar refractivity (Wildman–Crippen MR) is 90.1 cm³/mol. The maximum atomic E-state index is 12.1. The molecule has 0 amide bonds. The van der Waals surface area contributed by atoms with Gasteiger partial charge < -0.3 is 4.74 Å². The van der Waals surface area contributed by atoms with Crippen LogP contribution in [-0.4, -0.2) is 19.8 Å². The van der Waals surface area contributed by atoms with Crippen molar-refractivity contribution >= 4 is 17.4 Å². The maximum absolute atomic E-state index is 12.1.